The molecule has 0 radical (unpaired) electrons. The normalized spacial score (nSPS) is 24.2. The van der Waals surface area contributed by atoms with E-state index in [0.717, 1.165) is 31.6 Å². The van der Waals surface area contributed by atoms with E-state index in [-0.39, 0.29) is 5.75 Å². The van der Waals surface area contributed by atoms with Crippen molar-refractivity contribution in [3.05, 3.63) is 18.2 Å². The lowest BCUT2D eigenvalue weighted by atomic mass is 10.1. The summed E-state index contributed by atoms with van der Waals surface area (Å²) in [4.78, 5) is 4.23. The third-order valence-electron chi connectivity index (χ3n) is 3.72. The number of hydrogen-bond acceptors (Lipinski definition) is 4. The van der Waals surface area contributed by atoms with Crippen molar-refractivity contribution in [2.24, 2.45) is 0 Å². The van der Waals surface area contributed by atoms with Gasteiger partial charge in [-0.2, -0.15) is 0 Å². The number of aliphatic hydroxyl groups excluding tert-OH is 1. The average Bonchev–Trinajstić information content (AvgIpc) is 2.76. The quantitative estimate of drug-likeness (QED) is 0.881. The van der Waals surface area contributed by atoms with Gasteiger partial charge < -0.3 is 9.67 Å². The topological polar surface area (TPSA) is 72.2 Å². The van der Waals surface area contributed by atoms with Crippen molar-refractivity contribution in [2.75, 3.05) is 5.75 Å². The SMILES string of the molecule is CCCn1ccnc1CC(O)C1CCCCS1(=O)=O. The standard InChI is InChI=1S/C13H22N2O3S/c1-2-7-15-8-6-14-13(15)10-11(16)12-5-3-4-9-19(12,17)18/h6,8,11-12,16H,2-5,7,9-10H2,1H3. The molecular weight excluding hydrogens is 264 g/mol. The highest BCUT2D eigenvalue weighted by atomic mass is 32.2. The van der Waals surface area contributed by atoms with E-state index in [0.29, 0.717) is 12.8 Å². The van der Waals surface area contributed by atoms with Gasteiger partial charge in [0.05, 0.1) is 17.1 Å². The first-order valence-electron chi connectivity index (χ1n) is 6.94. The van der Waals surface area contributed by atoms with Crippen LogP contribution in [0.3, 0.4) is 0 Å². The Kier molecular flexibility index (Phi) is 4.62. The molecule has 0 aliphatic carbocycles. The van der Waals surface area contributed by atoms with Crippen LogP contribution in [0.5, 0.6) is 0 Å². The molecule has 108 valence electrons. The largest absolute Gasteiger partial charge is 0.391 e. The van der Waals surface area contributed by atoms with Gasteiger partial charge in [-0.1, -0.05) is 13.3 Å². The number of imidazole rings is 1. The Hall–Kier alpha value is -0.880. The molecule has 0 aromatic carbocycles. The molecule has 6 heteroatoms. The minimum absolute atomic E-state index is 0.206. The summed E-state index contributed by atoms with van der Waals surface area (Å²) in [5, 5.41) is 9.62. The second-order valence-corrected chi connectivity index (χ2v) is 7.55. The molecule has 2 atom stereocenters. The van der Waals surface area contributed by atoms with Crippen LogP contribution in [0, 0.1) is 0 Å². The smallest absolute Gasteiger partial charge is 0.155 e. The minimum Gasteiger partial charge on any atom is -0.391 e. The summed E-state index contributed by atoms with van der Waals surface area (Å²) >= 11 is 0. The summed E-state index contributed by atoms with van der Waals surface area (Å²) in [6.07, 6.45) is 6.20. The van der Waals surface area contributed by atoms with Gasteiger partial charge in [0.2, 0.25) is 0 Å². The first-order valence-corrected chi connectivity index (χ1v) is 8.65. The van der Waals surface area contributed by atoms with E-state index in [4.69, 9.17) is 0 Å². The summed E-state index contributed by atoms with van der Waals surface area (Å²) in [6, 6.07) is 0. The number of hydrogen-bond donors (Lipinski definition) is 1. The lowest BCUT2D eigenvalue weighted by Crippen LogP contribution is -2.40. The van der Waals surface area contributed by atoms with Gasteiger partial charge in [-0.3, -0.25) is 0 Å². The molecule has 1 aliphatic heterocycles. The van der Waals surface area contributed by atoms with Gasteiger partial charge in [-0.15, -0.1) is 0 Å². The Morgan fingerprint density at radius 3 is 3.00 bits per heavy atom. The third kappa shape index (κ3) is 3.36. The molecule has 0 spiro atoms. The summed E-state index contributed by atoms with van der Waals surface area (Å²) in [7, 11) is -3.14. The second-order valence-electron chi connectivity index (χ2n) is 5.21. The van der Waals surface area contributed by atoms with Crippen LogP contribution < -0.4 is 0 Å². The van der Waals surface area contributed by atoms with Crippen LogP contribution in [0.1, 0.15) is 38.4 Å². The van der Waals surface area contributed by atoms with Crippen LogP contribution in [-0.4, -0.2) is 40.2 Å². The van der Waals surface area contributed by atoms with Crippen molar-refractivity contribution in [1.82, 2.24) is 9.55 Å². The van der Waals surface area contributed by atoms with Gasteiger partial charge in [-0.25, -0.2) is 13.4 Å². The minimum atomic E-state index is -3.14. The number of sulfone groups is 1. The molecule has 2 unspecified atom stereocenters. The van der Waals surface area contributed by atoms with Crippen molar-refractivity contribution in [2.45, 2.75) is 56.9 Å². The molecule has 5 nitrogen and oxygen atoms in total. The van der Waals surface area contributed by atoms with Crippen LogP contribution in [0.25, 0.3) is 0 Å². The van der Waals surface area contributed by atoms with Crippen LogP contribution >= 0.6 is 0 Å². The fourth-order valence-electron chi connectivity index (χ4n) is 2.70. The number of rotatable bonds is 5. The molecule has 0 saturated carbocycles. The average molecular weight is 286 g/mol. The monoisotopic (exact) mass is 286 g/mol. The Bertz CT molecular complexity index is 510. The molecule has 19 heavy (non-hydrogen) atoms. The predicted molar refractivity (Wildman–Crippen MR) is 73.7 cm³/mol. The fourth-order valence-corrected chi connectivity index (χ4v) is 4.71. The fraction of sp³-hybridized carbons (Fsp3) is 0.769. The number of aromatic nitrogens is 2. The van der Waals surface area contributed by atoms with Gasteiger partial charge in [0.1, 0.15) is 5.82 Å². The molecular formula is C13H22N2O3S. The van der Waals surface area contributed by atoms with E-state index >= 15 is 0 Å². The zero-order chi connectivity index (χ0) is 13.9. The van der Waals surface area contributed by atoms with Gasteiger partial charge in [0.15, 0.2) is 9.84 Å². The highest BCUT2D eigenvalue weighted by molar-refractivity contribution is 7.92. The zero-order valence-corrected chi connectivity index (χ0v) is 12.1. The van der Waals surface area contributed by atoms with Gasteiger partial charge in [0.25, 0.3) is 0 Å². The molecule has 2 heterocycles. The highest BCUT2D eigenvalue weighted by Gasteiger charge is 2.35. The molecule has 1 N–H and O–H groups in total. The van der Waals surface area contributed by atoms with E-state index in [1.807, 2.05) is 10.8 Å². The van der Waals surface area contributed by atoms with Crippen molar-refractivity contribution in [3.63, 3.8) is 0 Å². The molecule has 2 rings (SSSR count). The van der Waals surface area contributed by atoms with Crippen molar-refractivity contribution in [3.8, 4) is 0 Å². The van der Waals surface area contributed by atoms with E-state index in [1.54, 1.807) is 6.20 Å². The molecule has 1 aliphatic rings. The van der Waals surface area contributed by atoms with Crippen molar-refractivity contribution >= 4 is 9.84 Å². The number of aryl methyl sites for hydroxylation is 1. The van der Waals surface area contributed by atoms with Crippen molar-refractivity contribution in [1.29, 1.82) is 0 Å². The lowest BCUT2D eigenvalue weighted by molar-refractivity contribution is 0.158. The molecule has 1 aromatic heterocycles. The highest BCUT2D eigenvalue weighted by Crippen LogP contribution is 2.24. The maximum absolute atomic E-state index is 12.0. The maximum atomic E-state index is 12.0. The number of aliphatic hydroxyl groups is 1. The van der Waals surface area contributed by atoms with Gasteiger partial charge in [-0.05, 0) is 19.3 Å². The Morgan fingerprint density at radius 2 is 2.32 bits per heavy atom. The first-order chi connectivity index (χ1) is 9.04. The molecule has 1 fully saturated rings. The molecule has 0 amide bonds. The van der Waals surface area contributed by atoms with Crippen LogP contribution in [-0.2, 0) is 22.8 Å². The molecule has 1 saturated heterocycles. The van der Waals surface area contributed by atoms with E-state index in [2.05, 4.69) is 11.9 Å². The van der Waals surface area contributed by atoms with Crippen LogP contribution in [0.2, 0.25) is 0 Å². The van der Waals surface area contributed by atoms with Crippen LogP contribution in [0.4, 0.5) is 0 Å². The van der Waals surface area contributed by atoms with Gasteiger partial charge in [0, 0.05) is 25.4 Å². The third-order valence-corrected chi connectivity index (χ3v) is 6.05. The summed E-state index contributed by atoms with van der Waals surface area (Å²) in [5.74, 6) is 0.980. The second kappa shape index (κ2) is 6.05. The van der Waals surface area contributed by atoms with E-state index in [1.165, 1.54) is 0 Å². The predicted octanol–water partition coefficient (Wildman–Crippen LogP) is 1.16. The van der Waals surface area contributed by atoms with Gasteiger partial charge >= 0.3 is 0 Å². The molecule has 1 aromatic rings. The van der Waals surface area contributed by atoms with E-state index in [9.17, 15) is 13.5 Å². The zero-order valence-electron chi connectivity index (χ0n) is 11.3. The number of nitrogens with zero attached hydrogens (tertiary/aromatic N) is 2. The summed E-state index contributed by atoms with van der Waals surface area (Å²) in [5.41, 5.74) is 0. The van der Waals surface area contributed by atoms with Crippen molar-refractivity contribution < 1.29 is 13.5 Å². The Balaban J connectivity index is 2.07. The van der Waals surface area contributed by atoms with E-state index < -0.39 is 21.2 Å². The lowest BCUT2D eigenvalue weighted by Gasteiger charge is -2.26. The summed E-state index contributed by atoms with van der Waals surface area (Å²) in [6.45, 7) is 2.92. The molecule has 0 bridgehead atoms. The first kappa shape index (κ1) is 14.5. The Morgan fingerprint density at radius 1 is 1.53 bits per heavy atom. The Labute approximate surface area is 114 Å². The summed E-state index contributed by atoms with van der Waals surface area (Å²) < 4.78 is 25.9. The van der Waals surface area contributed by atoms with Crippen LogP contribution in [0.15, 0.2) is 12.4 Å². The maximum Gasteiger partial charge on any atom is 0.155 e.